The molecule has 0 bridgehead atoms. The van der Waals surface area contributed by atoms with E-state index < -0.39 is 28.5 Å². The van der Waals surface area contributed by atoms with E-state index >= 15 is 0 Å². The lowest BCUT2D eigenvalue weighted by Gasteiger charge is -2.11. The second-order valence-electron chi connectivity index (χ2n) is 3.58. The molecule has 1 aromatic carbocycles. The van der Waals surface area contributed by atoms with Crippen LogP contribution in [0.2, 0.25) is 0 Å². The van der Waals surface area contributed by atoms with E-state index in [1.54, 1.807) is 0 Å². The molecule has 1 aromatic rings. The van der Waals surface area contributed by atoms with Crippen molar-refractivity contribution in [3.63, 3.8) is 0 Å². The second kappa shape index (κ2) is 3.64. The maximum atomic E-state index is 13.4. The van der Waals surface area contributed by atoms with Gasteiger partial charge < -0.3 is 5.73 Å². The zero-order chi connectivity index (χ0) is 11.2. The van der Waals surface area contributed by atoms with Crippen LogP contribution in [0.1, 0.15) is 24.9 Å². The standard InChI is InChI=1S/C10H11F2NOS/c1-2-8-9(13)6-3-5(11)4-7(12)10(6)15(8)14/h3-4,8-9H,2,13H2,1H3. The van der Waals surface area contributed by atoms with E-state index in [4.69, 9.17) is 5.73 Å². The number of halogens is 2. The lowest BCUT2D eigenvalue weighted by atomic mass is 10.0. The topological polar surface area (TPSA) is 43.1 Å². The summed E-state index contributed by atoms with van der Waals surface area (Å²) in [5, 5.41) is -0.309. The van der Waals surface area contributed by atoms with Crippen molar-refractivity contribution in [2.75, 3.05) is 0 Å². The van der Waals surface area contributed by atoms with Crippen LogP contribution >= 0.6 is 0 Å². The zero-order valence-corrected chi connectivity index (χ0v) is 8.98. The smallest absolute Gasteiger partial charge is 0.142 e. The molecule has 1 heterocycles. The molecule has 1 aliphatic rings. The third-order valence-corrected chi connectivity index (χ3v) is 4.68. The van der Waals surface area contributed by atoms with Crippen LogP contribution in [0.15, 0.2) is 17.0 Å². The van der Waals surface area contributed by atoms with Gasteiger partial charge in [0.25, 0.3) is 0 Å². The van der Waals surface area contributed by atoms with Crippen molar-refractivity contribution in [1.29, 1.82) is 0 Å². The summed E-state index contributed by atoms with van der Waals surface area (Å²) in [5.74, 6) is -1.43. The van der Waals surface area contributed by atoms with Crippen LogP contribution in [0, 0.1) is 11.6 Å². The third-order valence-electron chi connectivity index (χ3n) is 2.68. The molecule has 0 saturated heterocycles. The fourth-order valence-electron chi connectivity index (χ4n) is 1.93. The van der Waals surface area contributed by atoms with E-state index in [1.807, 2.05) is 6.92 Å². The summed E-state index contributed by atoms with van der Waals surface area (Å²) in [6, 6.07) is 1.40. The molecule has 5 heteroatoms. The molecule has 0 saturated carbocycles. The van der Waals surface area contributed by atoms with Crippen molar-refractivity contribution in [3.8, 4) is 0 Å². The number of hydrogen-bond donors (Lipinski definition) is 1. The number of hydrogen-bond acceptors (Lipinski definition) is 2. The van der Waals surface area contributed by atoms with Crippen LogP contribution < -0.4 is 5.73 Å². The minimum Gasteiger partial charge on any atom is -0.323 e. The molecule has 2 N–H and O–H groups in total. The second-order valence-corrected chi connectivity index (χ2v) is 5.18. The molecule has 2 nitrogen and oxygen atoms in total. The van der Waals surface area contributed by atoms with Crippen LogP contribution in [0.4, 0.5) is 8.78 Å². The monoisotopic (exact) mass is 231 g/mol. The molecular formula is C10H11F2NOS. The molecule has 0 fully saturated rings. The normalized spacial score (nSPS) is 29.2. The van der Waals surface area contributed by atoms with Gasteiger partial charge in [-0.15, -0.1) is 0 Å². The maximum absolute atomic E-state index is 13.4. The lowest BCUT2D eigenvalue weighted by molar-refractivity contribution is 0.554. The van der Waals surface area contributed by atoms with Crippen LogP contribution in [-0.4, -0.2) is 9.46 Å². The van der Waals surface area contributed by atoms with Crippen molar-refractivity contribution < 1.29 is 13.0 Å². The van der Waals surface area contributed by atoms with Gasteiger partial charge in [0, 0.05) is 12.1 Å². The molecule has 0 aliphatic carbocycles. The minimum absolute atomic E-state index is 0.0794. The van der Waals surface area contributed by atoms with E-state index in [-0.39, 0.29) is 10.1 Å². The minimum atomic E-state index is -1.45. The molecule has 0 amide bonds. The molecule has 82 valence electrons. The molecule has 3 unspecified atom stereocenters. The summed E-state index contributed by atoms with van der Waals surface area (Å²) in [7, 11) is -1.45. The molecule has 2 rings (SSSR count). The van der Waals surface area contributed by atoms with Gasteiger partial charge >= 0.3 is 0 Å². The average molecular weight is 231 g/mol. The van der Waals surface area contributed by atoms with Crippen molar-refractivity contribution in [3.05, 3.63) is 29.3 Å². The Morgan fingerprint density at radius 2 is 2.13 bits per heavy atom. The molecule has 15 heavy (non-hydrogen) atoms. The largest absolute Gasteiger partial charge is 0.323 e. The van der Waals surface area contributed by atoms with Crippen molar-refractivity contribution in [2.24, 2.45) is 5.73 Å². The molecular weight excluding hydrogens is 220 g/mol. The predicted octanol–water partition coefficient (Wildman–Crippen LogP) is 1.86. The van der Waals surface area contributed by atoms with Crippen molar-refractivity contribution in [1.82, 2.24) is 0 Å². The Kier molecular flexibility index (Phi) is 2.60. The Hall–Kier alpha value is -0.810. The van der Waals surface area contributed by atoms with Gasteiger partial charge in [-0.3, -0.25) is 4.21 Å². The molecule has 1 aliphatic heterocycles. The quantitative estimate of drug-likeness (QED) is 0.801. The van der Waals surface area contributed by atoms with E-state index in [9.17, 15) is 13.0 Å². The molecule has 0 spiro atoms. The molecule has 3 atom stereocenters. The van der Waals surface area contributed by atoms with Crippen LogP contribution in [0.25, 0.3) is 0 Å². The van der Waals surface area contributed by atoms with Gasteiger partial charge in [-0.05, 0) is 18.1 Å². The van der Waals surface area contributed by atoms with Crippen LogP contribution in [0.5, 0.6) is 0 Å². The Balaban J connectivity index is 2.62. The highest BCUT2D eigenvalue weighted by Crippen LogP contribution is 2.38. The van der Waals surface area contributed by atoms with Gasteiger partial charge in [-0.25, -0.2) is 8.78 Å². The predicted molar refractivity (Wildman–Crippen MR) is 53.8 cm³/mol. The Bertz CT molecular complexity index is 436. The first-order chi connectivity index (χ1) is 7.06. The van der Waals surface area contributed by atoms with Gasteiger partial charge in [0.2, 0.25) is 0 Å². The first-order valence-corrected chi connectivity index (χ1v) is 5.92. The van der Waals surface area contributed by atoms with Gasteiger partial charge in [-0.2, -0.15) is 0 Å². The van der Waals surface area contributed by atoms with Gasteiger partial charge in [0.15, 0.2) is 0 Å². The van der Waals surface area contributed by atoms with E-state index in [0.717, 1.165) is 6.07 Å². The average Bonchev–Trinajstić information content (AvgIpc) is 2.39. The number of benzene rings is 1. The first kappa shape index (κ1) is 10.7. The maximum Gasteiger partial charge on any atom is 0.142 e. The summed E-state index contributed by atoms with van der Waals surface area (Å²) in [6.07, 6.45) is 0.587. The third kappa shape index (κ3) is 1.50. The number of nitrogens with two attached hydrogens (primary N) is 1. The van der Waals surface area contributed by atoms with E-state index in [0.29, 0.717) is 12.0 Å². The van der Waals surface area contributed by atoms with E-state index in [2.05, 4.69) is 0 Å². The SMILES string of the molecule is CCC1C(N)c2cc(F)cc(F)c2S1=O. The Labute approximate surface area is 88.9 Å². The van der Waals surface area contributed by atoms with Crippen molar-refractivity contribution in [2.45, 2.75) is 29.5 Å². The Morgan fingerprint density at radius 1 is 1.47 bits per heavy atom. The molecule has 0 radical (unpaired) electrons. The van der Waals surface area contributed by atoms with Crippen molar-refractivity contribution >= 4 is 10.8 Å². The summed E-state index contributed by atoms with van der Waals surface area (Å²) in [6.45, 7) is 1.84. The first-order valence-electron chi connectivity index (χ1n) is 4.71. The number of rotatable bonds is 1. The number of fused-ring (bicyclic) bond motifs is 1. The highest BCUT2D eigenvalue weighted by Gasteiger charge is 2.37. The summed E-state index contributed by atoms with van der Waals surface area (Å²) >= 11 is 0. The summed E-state index contributed by atoms with van der Waals surface area (Å²) < 4.78 is 38.2. The lowest BCUT2D eigenvalue weighted by Crippen LogP contribution is -2.22. The Morgan fingerprint density at radius 3 is 2.73 bits per heavy atom. The fourth-order valence-corrected chi connectivity index (χ4v) is 3.63. The molecule has 0 aromatic heterocycles. The highest BCUT2D eigenvalue weighted by molar-refractivity contribution is 7.86. The highest BCUT2D eigenvalue weighted by atomic mass is 32.2. The summed E-state index contributed by atoms with van der Waals surface area (Å²) in [5.41, 5.74) is 6.15. The van der Waals surface area contributed by atoms with E-state index in [1.165, 1.54) is 6.07 Å². The van der Waals surface area contributed by atoms with Crippen LogP contribution in [0.3, 0.4) is 0 Å². The zero-order valence-electron chi connectivity index (χ0n) is 8.17. The van der Waals surface area contributed by atoms with Gasteiger partial charge in [0.1, 0.15) is 11.6 Å². The van der Waals surface area contributed by atoms with Crippen LogP contribution in [-0.2, 0) is 10.8 Å². The summed E-state index contributed by atoms with van der Waals surface area (Å²) in [4.78, 5) is 0.0794. The fraction of sp³-hybridized carbons (Fsp3) is 0.400. The van der Waals surface area contributed by atoms with Gasteiger partial charge in [0.05, 0.1) is 20.9 Å². The van der Waals surface area contributed by atoms with Gasteiger partial charge in [-0.1, -0.05) is 6.92 Å².